The average molecular weight is 244 g/mol. The Bertz CT molecular complexity index is 326. The number of likely N-dealkylation sites (N-methyl/N-ethyl adjacent to an activating group) is 1. The van der Waals surface area contributed by atoms with Crippen LogP contribution in [0.1, 0.15) is 19.3 Å². The highest BCUT2D eigenvalue weighted by Crippen LogP contribution is 2.42. The van der Waals surface area contributed by atoms with Crippen LogP contribution in [0.5, 0.6) is 0 Å². The van der Waals surface area contributed by atoms with Crippen molar-refractivity contribution >= 4 is 29.1 Å². The molecule has 0 aliphatic heterocycles. The Morgan fingerprint density at radius 1 is 1.50 bits per heavy atom. The van der Waals surface area contributed by atoms with Gasteiger partial charge in [-0.2, -0.15) is 0 Å². The number of amides is 1. The van der Waals surface area contributed by atoms with Crippen LogP contribution in [0.3, 0.4) is 0 Å². The van der Waals surface area contributed by atoms with Crippen molar-refractivity contribution in [2.24, 2.45) is 11.1 Å². The first-order chi connectivity index (χ1) is 7.44. The molecule has 1 saturated carbocycles. The third kappa shape index (κ3) is 2.16. The molecular weight excluding hydrogens is 228 g/mol. The molecule has 16 heavy (non-hydrogen) atoms. The first-order valence-electron chi connectivity index (χ1n) is 5.06. The minimum absolute atomic E-state index is 0.0697. The second-order valence-electron chi connectivity index (χ2n) is 4.04. The van der Waals surface area contributed by atoms with E-state index in [0.717, 1.165) is 6.42 Å². The fourth-order valence-corrected chi connectivity index (χ4v) is 2.08. The van der Waals surface area contributed by atoms with Gasteiger partial charge in [0.2, 0.25) is 5.91 Å². The lowest BCUT2D eigenvalue weighted by Crippen LogP contribution is -2.54. The van der Waals surface area contributed by atoms with Gasteiger partial charge >= 0.3 is 5.97 Å². The van der Waals surface area contributed by atoms with E-state index in [0.29, 0.717) is 12.8 Å². The molecule has 1 aliphatic carbocycles. The minimum atomic E-state index is -0.724. The predicted octanol–water partition coefficient (Wildman–Crippen LogP) is 0.0742. The van der Waals surface area contributed by atoms with Gasteiger partial charge < -0.3 is 15.4 Å². The Morgan fingerprint density at radius 2 is 2.06 bits per heavy atom. The van der Waals surface area contributed by atoms with Crippen LogP contribution in [0.25, 0.3) is 0 Å². The van der Waals surface area contributed by atoms with Gasteiger partial charge in [-0.1, -0.05) is 18.6 Å². The lowest BCUT2D eigenvalue weighted by atomic mass is 9.67. The van der Waals surface area contributed by atoms with Crippen LogP contribution in [0.2, 0.25) is 0 Å². The molecule has 6 heteroatoms. The van der Waals surface area contributed by atoms with Gasteiger partial charge in [0.25, 0.3) is 0 Å². The Hall–Kier alpha value is -1.17. The molecule has 0 heterocycles. The molecule has 0 aromatic heterocycles. The summed E-state index contributed by atoms with van der Waals surface area (Å²) in [6.07, 6.45) is 2.29. The molecule has 0 aromatic rings. The topological polar surface area (TPSA) is 72.6 Å². The highest BCUT2D eigenvalue weighted by molar-refractivity contribution is 7.80. The van der Waals surface area contributed by atoms with Gasteiger partial charge in [-0.05, 0) is 12.8 Å². The maximum absolute atomic E-state index is 12.1. The zero-order valence-corrected chi connectivity index (χ0v) is 10.3. The quantitative estimate of drug-likeness (QED) is 0.560. The molecule has 1 rings (SSSR count). The number of carbonyl (C=O) groups is 2. The monoisotopic (exact) mass is 244 g/mol. The van der Waals surface area contributed by atoms with Crippen molar-refractivity contribution in [1.29, 1.82) is 0 Å². The van der Waals surface area contributed by atoms with Crippen molar-refractivity contribution in [2.45, 2.75) is 19.3 Å². The zero-order valence-electron chi connectivity index (χ0n) is 9.49. The van der Waals surface area contributed by atoms with E-state index in [2.05, 4.69) is 4.74 Å². The standard InChI is InChI=1S/C10H16N2O3S/c1-12(6-7(13)15-2)9(14)10(8(11)16)4-3-5-10/h3-6H2,1-2H3,(H2,11,16). The summed E-state index contributed by atoms with van der Waals surface area (Å²) in [7, 11) is 2.84. The lowest BCUT2D eigenvalue weighted by Gasteiger charge is -2.41. The lowest BCUT2D eigenvalue weighted by molar-refractivity contribution is -0.150. The summed E-state index contributed by atoms with van der Waals surface area (Å²) < 4.78 is 4.50. The Balaban J connectivity index is 2.69. The van der Waals surface area contributed by atoms with E-state index in [4.69, 9.17) is 18.0 Å². The van der Waals surface area contributed by atoms with Gasteiger partial charge in [0, 0.05) is 7.05 Å². The van der Waals surface area contributed by atoms with Crippen LogP contribution in [0.15, 0.2) is 0 Å². The number of methoxy groups -OCH3 is 1. The molecule has 0 saturated heterocycles. The molecule has 0 radical (unpaired) electrons. The largest absolute Gasteiger partial charge is 0.468 e. The number of ether oxygens (including phenoxy) is 1. The Morgan fingerprint density at radius 3 is 2.38 bits per heavy atom. The third-order valence-corrected chi connectivity index (χ3v) is 3.42. The number of carbonyl (C=O) groups excluding carboxylic acids is 2. The maximum atomic E-state index is 12.1. The molecule has 0 spiro atoms. The zero-order chi connectivity index (χ0) is 12.3. The fraction of sp³-hybridized carbons (Fsp3) is 0.700. The summed E-state index contributed by atoms with van der Waals surface area (Å²) in [5, 5.41) is 0. The maximum Gasteiger partial charge on any atom is 0.325 e. The Kier molecular flexibility index (Phi) is 3.85. The summed E-state index contributed by atoms with van der Waals surface area (Å²) in [5.41, 5.74) is 4.88. The first kappa shape index (κ1) is 12.9. The minimum Gasteiger partial charge on any atom is -0.468 e. The predicted molar refractivity (Wildman–Crippen MR) is 62.7 cm³/mol. The van der Waals surface area contributed by atoms with Crippen molar-refractivity contribution in [1.82, 2.24) is 4.90 Å². The van der Waals surface area contributed by atoms with Gasteiger partial charge in [-0.15, -0.1) is 0 Å². The number of hydrogen-bond donors (Lipinski definition) is 1. The number of nitrogens with two attached hydrogens (primary N) is 1. The molecule has 0 bridgehead atoms. The molecule has 1 fully saturated rings. The summed E-state index contributed by atoms with van der Waals surface area (Å²) >= 11 is 4.93. The highest BCUT2D eigenvalue weighted by atomic mass is 32.1. The number of thiocarbonyl (C=S) groups is 1. The molecule has 2 N–H and O–H groups in total. The van der Waals surface area contributed by atoms with Gasteiger partial charge in [-0.25, -0.2) is 0 Å². The van der Waals surface area contributed by atoms with Crippen LogP contribution in [-0.2, 0) is 14.3 Å². The summed E-state index contributed by atoms with van der Waals surface area (Å²) in [6.45, 7) is -0.0697. The van der Waals surface area contributed by atoms with E-state index < -0.39 is 11.4 Å². The summed E-state index contributed by atoms with van der Waals surface area (Å²) in [6, 6.07) is 0. The molecular formula is C10H16N2O3S. The van der Waals surface area contributed by atoms with Crippen molar-refractivity contribution in [3.8, 4) is 0 Å². The van der Waals surface area contributed by atoms with Crippen LogP contribution < -0.4 is 5.73 Å². The van der Waals surface area contributed by atoms with Gasteiger partial charge in [0.1, 0.15) is 6.54 Å². The molecule has 0 aromatic carbocycles. The van der Waals surface area contributed by atoms with E-state index in [1.807, 2.05) is 0 Å². The molecule has 0 unspecified atom stereocenters. The molecule has 90 valence electrons. The van der Waals surface area contributed by atoms with E-state index in [1.165, 1.54) is 12.0 Å². The summed E-state index contributed by atoms with van der Waals surface area (Å²) in [5.74, 6) is -0.634. The van der Waals surface area contributed by atoms with Crippen LogP contribution >= 0.6 is 12.2 Å². The highest BCUT2D eigenvalue weighted by Gasteiger charge is 2.48. The fourth-order valence-electron chi connectivity index (χ4n) is 1.79. The molecule has 0 atom stereocenters. The number of esters is 1. The molecule has 1 aliphatic rings. The molecule has 1 amide bonds. The van der Waals surface area contributed by atoms with E-state index in [-0.39, 0.29) is 17.4 Å². The van der Waals surface area contributed by atoms with Crippen LogP contribution in [-0.4, -0.2) is 42.5 Å². The van der Waals surface area contributed by atoms with Crippen LogP contribution in [0.4, 0.5) is 0 Å². The third-order valence-electron chi connectivity index (χ3n) is 3.03. The van der Waals surface area contributed by atoms with Gasteiger partial charge in [0.05, 0.1) is 17.5 Å². The van der Waals surface area contributed by atoms with Crippen molar-refractivity contribution < 1.29 is 14.3 Å². The van der Waals surface area contributed by atoms with Crippen molar-refractivity contribution in [2.75, 3.05) is 20.7 Å². The number of rotatable bonds is 4. The number of hydrogen-bond acceptors (Lipinski definition) is 4. The normalized spacial score (nSPS) is 17.1. The smallest absolute Gasteiger partial charge is 0.325 e. The average Bonchev–Trinajstić information content (AvgIpc) is 2.14. The SMILES string of the molecule is COC(=O)CN(C)C(=O)C1(C(N)=S)CCC1. The second-order valence-corrected chi connectivity index (χ2v) is 4.48. The Labute approximate surface area is 99.9 Å². The van der Waals surface area contributed by atoms with Gasteiger partial charge in [-0.3, -0.25) is 9.59 Å². The number of nitrogens with zero attached hydrogens (tertiary/aromatic N) is 1. The second kappa shape index (κ2) is 4.78. The van der Waals surface area contributed by atoms with E-state index in [1.54, 1.807) is 7.05 Å². The van der Waals surface area contributed by atoms with Gasteiger partial charge in [0.15, 0.2) is 0 Å². The van der Waals surface area contributed by atoms with Crippen LogP contribution in [0, 0.1) is 5.41 Å². The van der Waals surface area contributed by atoms with E-state index >= 15 is 0 Å². The van der Waals surface area contributed by atoms with E-state index in [9.17, 15) is 9.59 Å². The first-order valence-corrected chi connectivity index (χ1v) is 5.47. The molecule has 5 nitrogen and oxygen atoms in total. The van der Waals surface area contributed by atoms with Crippen molar-refractivity contribution in [3.05, 3.63) is 0 Å². The summed E-state index contributed by atoms with van der Waals surface area (Å²) in [4.78, 5) is 24.7. The van der Waals surface area contributed by atoms with Crippen molar-refractivity contribution in [3.63, 3.8) is 0 Å².